The van der Waals surface area contributed by atoms with Crippen molar-refractivity contribution >= 4 is 6.09 Å². The highest BCUT2D eigenvalue weighted by molar-refractivity contribution is 5.69. The molecule has 1 amide bonds. The van der Waals surface area contributed by atoms with E-state index in [4.69, 9.17) is 4.74 Å². The lowest BCUT2D eigenvalue weighted by Crippen LogP contribution is -2.38. The number of hydrogen-bond acceptors (Lipinski definition) is 4. The van der Waals surface area contributed by atoms with Crippen LogP contribution < -0.4 is 0 Å². The van der Waals surface area contributed by atoms with Gasteiger partial charge < -0.3 is 19.8 Å². The van der Waals surface area contributed by atoms with Crippen molar-refractivity contribution in [3.05, 3.63) is 0 Å². The summed E-state index contributed by atoms with van der Waals surface area (Å²) in [6.07, 6.45) is 0.442. The Morgan fingerprint density at radius 2 is 1.71 bits per heavy atom. The van der Waals surface area contributed by atoms with Gasteiger partial charge in [0.1, 0.15) is 5.60 Å². The number of ether oxygens (including phenoxy) is 1. The van der Waals surface area contributed by atoms with Crippen molar-refractivity contribution < 1.29 is 19.7 Å². The van der Waals surface area contributed by atoms with Gasteiger partial charge in [0.05, 0.1) is 13.2 Å². The molecule has 1 aliphatic heterocycles. The zero-order valence-electron chi connectivity index (χ0n) is 10.7. The average molecular weight is 243 g/mol. The van der Waals surface area contributed by atoms with Gasteiger partial charge in [0.25, 0.3) is 0 Å². The minimum atomic E-state index is -0.511. The lowest BCUT2D eigenvalue weighted by molar-refractivity contribution is 0.0240. The predicted octanol–water partition coefficient (Wildman–Crippen LogP) is 0.598. The van der Waals surface area contributed by atoms with Crippen molar-refractivity contribution in [3.63, 3.8) is 0 Å². The van der Waals surface area contributed by atoms with E-state index in [9.17, 15) is 15.0 Å². The Kier molecular flexibility index (Phi) is 2.67. The van der Waals surface area contributed by atoms with Crippen LogP contribution in [0.2, 0.25) is 0 Å². The minimum Gasteiger partial charge on any atom is -0.444 e. The van der Waals surface area contributed by atoms with Crippen molar-refractivity contribution in [2.75, 3.05) is 26.3 Å². The van der Waals surface area contributed by atoms with Crippen LogP contribution in [0, 0.1) is 10.8 Å². The van der Waals surface area contributed by atoms with E-state index in [1.54, 1.807) is 4.90 Å². The first-order chi connectivity index (χ1) is 7.77. The summed E-state index contributed by atoms with van der Waals surface area (Å²) >= 11 is 0. The second kappa shape index (κ2) is 3.59. The van der Waals surface area contributed by atoms with E-state index in [0.29, 0.717) is 13.1 Å². The van der Waals surface area contributed by atoms with Gasteiger partial charge >= 0.3 is 6.09 Å². The number of likely N-dealkylation sites (tertiary alicyclic amines) is 1. The SMILES string of the molecule is CC(C)(C)OC(=O)N1C[C@@]2(CO)C[C@@]2(CO)C1. The Morgan fingerprint density at radius 3 is 2.06 bits per heavy atom. The molecule has 2 atom stereocenters. The molecule has 0 radical (unpaired) electrons. The van der Waals surface area contributed by atoms with Crippen LogP contribution in [-0.4, -0.2) is 53.1 Å². The average Bonchev–Trinajstić information content (AvgIpc) is 2.74. The third-order valence-electron chi connectivity index (χ3n) is 3.92. The van der Waals surface area contributed by atoms with E-state index in [-0.39, 0.29) is 30.1 Å². The van der Waals surface area contributed by atoms with Gasteiger partial charge in [-0.05, 0) is 27.2 Å². The molecule has 1 saturated heterocycles. The minimum absolute atomic E-state index is 0.0207. The summed E-state index contributed by atoms with van der Waals surface area (Å²) in [4.78, 5) is 13.5. The fourth-order valence-corrected chi connectivity index (χ4v) is 2.84. The molecular formula is C12H21NO4. The Hall–Kier alpha value is -0.810. The van der Waals surface area contributed by atoms with Gasteiger partial charge in [-0.3, -0.25) is 0 Å². The fraction of sp³-hybridized carbons (Fsp3) is 0.917. The van der Waals surface area contributed by atoms with Gasteiger partial charge in [0.15, 0.2) is 0 Å². The molecule has 0 spiro atoms. The molecule has 1 saturated carbocycles. The molecule has 0 unspecified atom stereocenters. The third-order valence-corrected chi connectivity index (χ3v) is 3.92. The number of amides is 1. The van der Waals surface area contributed by atoms with E-state index in [0.717, 1.165) is 6.42 Å². The van der Waals surface area contributed by atoms with E-state index in [2.05, 4.69) is 0 Å². The van der Waals surface area contributed by atoms with E-state index >= 15 is 0 Å². The maximum atomic E-state index is 11.9. The Balaban J connectivity index is 2.01. The number of aliphatic hydroxyl groups is 2. The summed E-state index contributed by atoms with van der Waals surface area (Å²) in [5.41, 5.74) is -1.10. The smallest absolute Gasteiger partial charge is 0.410 e. The van der Waals surface area contributed by atoms with E-state index < -0.39 is 5.60 Å². The van der Waals surface area contributed by atoms with Crippen LogP contribution in [0.25, 0.3) is 0 Å². The van der Waals surface area contributed by atoms with Gasteiger partial charge in [-0.1, -0.05) is 0 Å². The molecule has 0 aromatic carbocycles. The van der Waals surface area contributed by atoms with Crippen LogP contribution in [0.1, 0.15) is 27.2 Å². The number of fused-ring (bicyclic) bond motifs is 1. The summed E-state index contributed by atoms with van der Waals surface area (Å²) in [5, 5.41) is 18.8. The number of carbonyl (C=O) groups is 1. The number of hydrogen-bond donors (Lipinski definition) is 2. The molecule has 1 heterocycles. The van der Waals surface area contributed by atoms with Crippen LogP contribution in [0.4, 0.5) is 4.79 Å². The maximum absolute atomic E-state index is 11.9. The molecule has 2 aliphatic rings. The normalized spacial score (nSPS) is 35.7. The molecule has 98 valence electrons. The van der Waals surface area contributed by atoms with Crippen LogP contribution in [0.15, 0.2) is 0 Å². The van der Waals surface area contributed by atoms with Gasteiger partial charge in [0, 0.05) is 23.9 Å². The lowest BCUT2D eigenvalue weighted by atomic mass is 9.98. The highest BCUT2D eigenvalue weighted by atomic mass is 16.6. The molecule has 5 nitrogen and oxygen atoms in total. The second-order valence-electron chi connectivity index (χ2n) is 6.39. The Labute approximate surface area is 101 Å². The Bertz CT molecular complexity index is 320. The molecule has 0 aromatic heterocycles. The molecule has 2 fully saturated rings. The first-order valence-electron chi connectivity index (χ1n) is 5.97. The summed E-state index contributed by atoms with van der Waals surface area (Å²) in [6.45, 7) is 6.49. The number of piperidine rings is 1. The molecule has 2 N–H and O–H groups in total. The molecule has 2 rings (SSSR count). The number of carbonyl (C=O) groups excluding carboxylic acids is 1. The molecule has 17 heavy (non-hydrogen) atoms. The van der Waals surface area contributed by atoms with Gasteiger partial charge in [-0.2, -0.15) is 0 Å². The monoisotopic (exact) mass is 243 g/mol. The van der Waals surface area contributed by atoms with Crippen LogP contribution >= 0.6 is 0 Å². The Morgan fingerprint density at radius 1 is 1.24 bits per heavy atom. The highest BCUT2D eigenvalue weighted by Crippen LogP contribution is 2.67. The summed E-state index contributed by atoms with van der Waals surface area (Å²) < 4.78 is 5.29. The van der Waals surface area contributed by atoms with Gasteiger partial charge in [0.2, 0.25) is 0 Å². The quantitative estimate of drug-likeness (QED) is 0.745. The van der Waals surface area contributed by atoms with Gasteiger partial charge in [-0.15, -0.1) is 0 Å². The summed E-state index contributed by atoms with van der Waals surface area (Å²) in [6, 6.07) is 0. The number of aliphatic hydroxyl groups excluding tert-OH is 2. The van der Waals surface area contributed by atoms with Crippen LogP contribution in [-0.2, 0) is 4.74 Å². The van der Waals surface area contributed by atoms with Gasteiger partial charge in [-0.25, -0.2) is 4.79 Å². The molecular weight excluding hydrogens is 222 g/mol. The van der Waals surface area contributed by atoms with E-state index in [1.807, 2.05) is 20.8 Å². The predicted molar refractivity (Wildman–Crippen MR) is 61.5 cm³/mol. The maximum Gasteiger partial charge on any atom is 0.410 e. The number of nitrogens with zero attached hydrogens (tertiary/aromatic N) is 1. The van der Waals surface area contributed by atoms with Crippen molar-refractivity contribution in [1.82, 2.24) is 4.90 Å². The third kappa shape index (κ3) is 1.91. The highest BCUT2D eigenvalue weighted by Gasteiger charge is 2.72. The van der Waals surface area contributed by atoms with E-state index in [1.165, 1.54) is 0 Å². The molecule has 0 aromatic rings. The molecule has 5 heteroatoms. The fourth-order valence-electron chi connectivity index (χ4n) is 2.84. The van der Waals surface area contributed by atoms with Crippen molar-refractivity contribution in [2.45, 2.75) is 32.8 Å². The first kappa shape index (κ1) is 12.6. The molecule has 0 bridgehead atoms. The second-order valence-corrected chi connectivity index (χ2v) is 6.39. The van der Waals surface area contributed by atoms with Crippen molar-refractivity contribution in [1.29, 1.82) is 0 Å². The van der Waals surface area contributed by atoms with Crippen molar-refractivity contribution in [2.24, 2.45) is 10.8 Å². The standard InChI is InChI=1S/C12H21NO4/c1-10(2,3)17-9(16)13-5-11(7-14)4-12(11,6-13)8-15/h14-15H,4-8H2,1-3H3/t11-,12+. The number of rotatable bonds is 2. The zero-order valence-corrected chi connectivity index (χ0v) is 10.7. The topological polar surface area (TPSA) is 70.0 Å². The lowest BCUT2D eigenvalue weighted by Gasteiger charge is -2.26. The van der Waals surface area contributed by atoms with Crippen LogP contribution in [0.5, 0.6) is 0 Å². The zero-order chi connectivity index (χ0) is 12.9. The summed E-state index contributed by atoms with van der Waals surface area (Å²) in [5.74, 6) is 0. The first-order valence-corrected chi connectivity index (χ1v) is 5.97. The largest absolute Gasteiger partial charge is 0.444 e. The van der Waals surface area contributed by atoms with Crippen LogP contribution in [0.3, 0.4) is 0 Å². The van der Waals surface area contributed by atoms with Crippen molar-refractivity contribution in [3.8, 4) is 0 Å². The molecule has 1 aliphatic carbocycles. The summed E-state index contributed by atoms with van der Waals surface area (Å²) in [7, 11) is 0.